The van der Waals surface area contributed by atoms with Crippen molar-refractivity contribution in [1.29, 1.82) is 0 Å². The Morgan fingerprint density at radius 2 is 1.66 bits per heavy atom. The van der Waals surface area contributed by atoms with E-state index in [-0.39, 0.29) is 24.8 Å². The maximum Gasteiger partial charge on any atom is -1.00 e. The smallest absolute Gasteiger partial charge is 1.00 e. The second-order valence-corrected chi connectivity index (χ2v) is 11.3. The molecule has 0 amide bonds. The number of benzene rings is 2. The Morgan fingerprint density at radius 3 is 2.41 bits per heavy atom. The molecule has 4 heteroatoms. The third kappa shape index (κ3) is 3.76. The second kappa shape index (κ2) is 8.80. The minimum Gasteiger partial charge on any atom is -1.00 e. The van der Waals surface area contributed by atoms with E-state index in [1.54, 1.807) is 14.4 Å². The summed E-state index contributed by atoms with van der Waals surface area (Å²) in [5.74, 6) is 0. The van der Waals surface area contributed by atoms with Gasteiger partial charge in [0.15, 0.2) is 0 Å². The van der Waals surface area contributed by atoms with Crippen LogP contribution in [0, 0.1) is 6.92 Å². The van der Waals surface area contributed by atoms with Crippen molar-refractivity contribution in [3.63, 3.8) is 0 Å². The zero-order valence-electron chi connectivity index (χ0n) is 16.8. The number of fused-ring (bicyclic) bond motifs is 2. The van der Waals surface area contributed by atoms with Crippen LogP contribution in [-0.4, -0.2) is 4.57 Å². The fourth-order valence-corrected chi connectivity index (χ4v) is 8.76. The number of hydrogen-bond acceptors (Lipinski definition) is 0. The molecule has 0 spiro atoms. The first kappa shape index (κ1) is 22.4. The number of allylic oxidation sites excluding steroid dienone is 5. The van der Waals surface area contributed by atoms with E-state index in [9.17, 15) is 0 Å². The Morgan fingerprint density at radius 1 is 0.931 bits per heavy atom. The molecule has 0 radical (unpaired) electrons. The average molecular weight is 500 g/mol. The third-order valence-electron chi connectivity index (χ3n) is 6.03. The Bertz CT molecular complexity index is 1170. The van der Waals surface area contributed by atoms with Crippen LogP contribution in [-0.2, 0) is 23.2 Å². The molecule has 5 rings (SSSR count). The molecule has 2 aromatic carbocycles. The molecule has 1 atom stereocenters. The van der Waals surface area contributed by atoms with Crippen LogP contribution in [0.3, 0.4) is 0 Å². The predicted octanol–water partition coefficient (Wildman–Crippen LogP) is 0.717. The normalized spacial score (nSPS) is 17.3. The van der Waals surface area contributed by atoms with Gasteiger partial charge in [-0.25, -0.2) is 0 Å². The van der Waals surface area contributed by atoms with Gasteiger partial charge in [0, 0.05) is 0 Å². The number of aryl methyl sites for hydroxylation is 1. The minimum atomic E-state index is -0.783. The van der Waals surface area contributed by atoms with Crippen LogP contribution in [0.5, 0.6) is 0 Å². The van der Waals surface area contributed by atoms with Gasteiger partial charge in [-0.05, 0) is 0 Å². The number of hydrogen-bond donors (Lipinski definition) is 0. The first-order chi connectivity index (χ1) is 13.1. The van der Waals surface area contributed by atoms with Gasteiger partial charge in [0.2, 0.25) is 0 Å². The molecule has 1 aromatic heterocycles. The molecular formula is C25H23Cl2NZr. The molecule has 0 bridgehead atoms. The Hall–Kier alpha value is -1.34. The molecule has 29 heavy (non-hydrogen) atoms. The number of aromatic nitrogens is 1. The van der Waals surface area contributed by atoms with Gasteiger partial charge < -0.3 is 24.8 Å². The van der Waals surface area contributed by atoms with Crippen LogP contribution in [0.4, 0.5) is 0 Å². The van der Waals surface area contributed by atoms with Crippen molar-refractivity contribution in [1.82, 2.24) is 4.57 Å². The number of halogens is 2. The molecular weight excluding hydrogens is 476 g/mol. The third-order valence-corrected chi connectivity index (χ3v) is 10.5. The van der Waals surface area contributed by atoms with E-state index in [1.165, 1.54) is 39.9 Å². The molecule has 2 aliphatic rings. The van der Waals surface area contributed by atoms with Gasteiger partial charge in [-0.2, -0.15) is 0 Å². The molecule has 0 saturated carbocycles. The molecule has 146 valence electrons. The number of nitrogens with zero attached hydrogens (tertiary/aromatic N) is 1. The molecule has 1 nitrogen and oxygen atoms in total. The number of rotatable bonds is 3. The van der Waals surface area contributed by atoms with Crippen LogP contribution in [0.15, 0.2) is 75.1 Å². The average Bonchev–Trinajstić information content (AvgIpc) is 3.30. The summed E-state index contributed by atoms with van der Waals surface area (Å²) in [7, 11) is 0. The first-order valence-electron chi connectivity index (χ1n) is 9.65. The summed E-state index contributed by atoms with van der Waals surface area (Å²) in [6, 6.07) is 20.1. The van der Waals surface area contributed by atoms with Crippen molar-refractivity contribution in [3.05, 3.63) is 91.9 Å². The summed E-state index contributed by atoms with van der Waals surface area (Å²) in [6.07, 6.45) is 6.05. The first-order valence-corrected chi connectivity index (χ1v) is 12.3. The number of para-hydroxylation sites is 1. The second-order valence-electron chi connectivity index (χ2n) is 7.65. The van der Waals surface area contributed by atoms with Crippen molar-refractivity contribution < 1.29 is 48.0 Å². The summed E-state index contributed by atoms with van der Waals surface area (Å²) in [4.78, 5) is 0. The van der Waals surface area contributed by atoms with Crippen molar-refractivity contribution in [2.45, 2.75) is 30.8 Å². The summed E-state index contributed by atoms with van der Waals surface area (Å²) in [5, 5.41) is 1.34. The summed E-state index contributed by atoms with van der Waals surface area (Å²) in [5.41, 5.74) is 10.2. The summed E-state index contributed by atoms with van der Waals surface area (Å²) < 4.78 is 4.87. The molecule has 2 aliphatic carbocycles. The van der Waals surface area contributed by atoms with E-state index in [2.05, 4.69) is 92.1 Å². The molecule has 0 N–H and O–H groups in total. The summed E-state index contributed by atoms with van der Waals surface area (Å²) in [6.45, 7) is 6.85. The zero-order chi connectivity index (χ0) is 18.5. The van der Waals surface area contributed by atoms with Crippen LogP contribution >= 0.6 is 0 Å². The molecule has 3 aromatic rings. The van der Waals surface area contributed by atoms with E-state index in [4.69, 9.17) is 0 Å². The molecule has 0 aliphatic heterocycles. The van der Waals surface area contributed by atoms with Crippen molar-refractivity contribution in [3.8, 4) is 0 Å². The molecule has 1 unspecified atom stereocenters. The Kier molecular flexibility index (Phi) is 6.78. The monoisotopic (exact) mass is 497 g/mol. The van der Waals surface area contributed by atoms with Crippen molar-refractivity contribution >= 4 is 22.7 Å². The quantitative estimate of drug-likeness (QED) is 0.501. The maximum absolute atomic E-state index is 2.52. The van der Waals surface area contributed by atoms with E-state index in [1.807, 2.05) is 0 Å². The summed E-state index contributed by atoms with van der Waals surface area (Å²) >= 11 is -0.783. The topological polar surface area (TPSA) is 4.93 Å². The zero-order valence-corrected chi connectivity index (χ0v) is 20.8. The molecule has 1 heterocycles. The minimum absolute atomic E-state index is 0. The van der Waals surface area contributed by atoms with Gasteiger partial charge >= 0.3 is 173 Å². The van der Waals surface area contributed by atoms with Gasteiger partial charge in [0.05, 0.1) is 0 Å². The SMILES string of the molecule is CC1=CC[C]([Zr+2][CH]2C(n3c(C)cc4ccccc43)=Cc3ccccc32)=C1C.[Cl-].[Cl-]. The van der Waals surface area contributed by atoms with E-state index >= 15 is 0 Å². The standard InChI is InChI=1S/C18H14N.C7H9.2ClH.Zr/c1-13-10-16-8-4-5-9-18(16)19(13)17-11-14-6-2-3-7-15(14)12-17;1-6-4-3-5-7(6)2;;;/h2-12H,1H3;4H,3H2,1-2H3;2*1H;/q;;;;+2/p-2. The largest absolute Gasteiger partial charge is 1.00 e. The molecule has 0 fully saturated rings. The molecule has 0 saturated heterocycles. The van der Waals surface area contributed by atoms with Gasteiger partial charge in [0.25, 0.3) is 0 Å². The van der Waals surface area contributed by atoms with Crippen LogP contribution in [0.25, 0.3) is 22.7 Å². The van der Waals surface area contributed by atoms with Crippen LogP contribution < -0.4 is 24.8 Å². The van der Waals surface area contributed by atoms with Crippen LogP contribution in [0.1, 0.15) is 40.7 Å². The van der Waals surface area contributed by atoms with Gasteiger partial charge in [-0.1, -0.05) is 0 Å². The van der Waals surface area contributed by atoms with Gasteiger partial charge in [-0.15, -0.1) is 0 Å². The van der Waals surface area contributed by atoms with E-state index in [0.29, 0.717) is 3.63 Å². The fourth-order valence-electron chi connectivity index (χ4n) is 4.43. The predicted molar refractivity (Wildman–Crippen MR) is 111 cm³/mol. The van der Waals surface area contributed by atoms with Gasteiger partial charge in [-0.3, -0.25) is 0 Å². The Labute approximate surface area is 197 Å². The van der Waals surface area contributed by atoms with E-state index < -0.39 is 23.2 Å². The fraction of sp³-hybridized carbons (Fsp3) is 0.200. The maximum atomic E-state index is 2.52. The Balaban J connectivity index is 0.00000120. The van der Waals surface area contributed by atoms with Crippen LogP contribution in [0.2, 0.25) is 0 Å². The van der Waals surface area contributed by atoms with Gasteiger partial charge in [0.1, 0.15) is 0 Å². The van der Waals surface area contributed by atoms with E-state index in [0.717, 1.165) is 0 Å². The van der Waals surface area contributed by atoms with Crippen molar-refractivity contribution in [2.75, 3.05) is 0 Å². The van der Waals surface area contributed by atoms with Crippen molar-refractivity contribution in [2.24, 2.45) is 0 Å².